The topological polar surface area (TPSA) is 54.8 Å². The van der Waals surface area contributed by atoms with E-state index >= 15 is 0 Å². The summed E-state index contributed by atoms with van der Waals surface area (Å²) in [5, 5.41) is 0. The molecule has 0 fully saturated rings. The molecule has 0 aliphatic heterocycles. The Morgan fingerprint density at radius 2 is 1.77 bits per heavy atom. The van der Waals surface area contributed by atoms with Crippen molar-refractivity contribution in [3.63, 3.8) is 0 Å². The Labute approximate surface area is 187 Å². The first-order valence-corrected chi connectivity index (χ1v) is 11.2. The van der Waals surface area contributed by atoms with Crippen LogP contribution < -0.4 is 0 Å². The van der Waals surface area contributed by atoms with Gasteiger partial charge in [0.2, 0.25) is 5.91 Å². The van der Waals surface area contributed by atoms with Gasteiger partial charge in [0, 0.05) is 55.8 Å². The molecule has 1 aromatic carbocycles. The van der Waals surface area contributed by atoms with Gasteiger partial charge in [0.15, 0.2) is 0 Å². The van der Waals surface area contributed by atoms with Crippen LogP contribution >= 0.6 is 15.9 Å². The molecule has 0 spiro atoms. The molecule has 2 rings (SSSR count). The van der Waals surface area contributed by atoms with Crippen LogP contribution in [-0.4, -0.2) is 59.5 Å². The summed E-state index contributed by atoms with van der Waals surface area (Å²) in [7, 11) is 3.62. The number of carbonyl (C=O) groups is 2. The van der Waals surface area contributed by atoms with Gasteiger partial charge >= 0.3 is 0 Å². The minimum absolute atomic E-state index is 0.0347. The highest BCUT2D eigenvalue weighted by atomic mass is 79.9. The smallest absolute Gasteiger partial charge is 0.254 e. The summed E-state index contributed by atoms with van der Waals surface area (Å²) in [5.41, 5.74) is 1.65. The number of nitrogens with zero attached hydrogens (tertiary/aromatic N) is 3. The van der Waals surface area contributed by atoms with Crippen molar-refractivity contribution in [1.82, 2.24) is 14.4 Å². The number of methoxy groups -OCH3 is 1. The third kappa shape index (κ3) is 7.29. The Balaban J connectivity index is 2.14. The zero-order valence-electron chi connectivity index (χ0n) is 18.1. The molecule has 0 saturated carbocycles. The minimum Gasteiger partial charge on any atom is -0.385 e. The van der Waals surface area contributed by atoms with Crippen LogP contribution in [0.4, 0.5) is 0 Å². The van der Waals surface area contributed by atoms with Gasteiger partial charge in [-0.3, -0.25) is 9.59 Å². The Morgan fingerprint density at radius 1 is 1.07 bits per heavy atom. The van der Waals surface area contributed by atoms with Crippen LogP contribution in [0.1, 0.15) is 42.2 Å². The van der Waals surface area contributed by atoms with Crippen LogP contribution in [0.3, 0.4) is 0 Å². The van der Waals surface area contributed by atoms with Gasteiger partial charge in [-0.1, -0.05) is 29.3 Å². The summed E-state index contributed by atoms with van der Waals surface area (Å²) in [4.78, 5) is 29.8. The highest BCUT2D eigenvalue weighted by molar-refractivity contribution is 9.10. The predicted molar refractivity (Wildman–Crippen MR) is 122 cm³/mol. The van der Waals surface area contributed by atoms with E-state index in [9.17, 15) is 9.59 Å². The fourth-order valence-corrected chi connectivity index (χ4v) is 3.45. The number of amides is 2. The van der Waals surface area contributed by atoms with Gasteiger partial charge < -0.3 is 19.1 Å². The van der Waals surface area contributed by atoms with Crippen molar-refractivity contribution in [2.45, 2.75) is 32.7 Å². The van der Waals surface area contributed by atoms with Crippen LogP contribution in [0, 0.1) is 0 Å². The van der Waals surface area contributed by atoms with E-state index in [2.05, 4.69) is 22.9 Å². The summed E-state index contributed by atoms with van der Waals surface area (Å²) in [6.45, 7) is 4.41. The zero-order chi connectivity index (χ0) is 21.9. The van der Waals surface area contributed by atoms with Gasteiger partial charge in [-0.05, 0) is 49.2 Å². The molecule has 0 aliphatic carbocycles. The molecule has 0 aliphatic rings. The van der Waals surface area contributed by atoms with E-state index in [4.69, 9.17) is 4.74 Å². The van der Waals surface area contributed by atoms with Gasteiger partial charge in [0.1, 0.15) is 6.54 Å². The summed E-state index contributed by atoms with van der Waals surface area (Å²) in [6, 6.07) is 11.2. The van der Waals surface area contributed by atoms with Gasteiger partial charge in [-0.15, -0.1) is 0 Å². The van der Waals surface area contributed by atoms with Crippen LogP contribution in [0.15, 0.2) is 47.1 Å². The molecule has 0 bridgehead atoms. The largest absolute Gasteiger partial charge is 0.385 e. The quantitative estimate of drug-likeness (QED) is 0.432. The summed E-state index contributed by atoms with van der Waals surface area (Å²) < 4.78 is 8.07. The number of rotatable bonds is 12. The van der Waals surface area contributed by atoms with Crippen molar-refractivity contribution in [1.29, 1.82) is 0 Å². The average Bonchev–Trinajstić information content (AvgIpc) is 3.14. The molecule has 1 heterocycles. The maximum atomic E-state index is 13.2. The monoisotopic (exact) mass is 477 g/mol. The lowest BCUT2D eigenvalue weighted by molar-refractivity contribution is -0.132. The molecule has 30 heavy (non-hydrogen) atoms. The number of hydrogen-bond acceptors (Lipinski definition) is 3. The van der Waals surface area contributed by atoms with E-state index in [0.717, 1.165) is 23.0 Å². The predicted octanol–water partition coefficient (Wildman–Crippen LogP) is 4.10. The fourth-order valence-electron chi connectivity index (χ4n) is 3.19. The molecule has 164 valence electrons. The van der Waals surface area contributed by atoms with Crippen molar-refractivity contribution in [3.8, 4) is 0 Å². The maximum Gasteiger partial charge on any atom is 0.254 e. The van der Waals surface area contributed by atoms with Crippen LogP contribution in [0.25, 0.3) is 0 Å². The standard InChI is InChI=1S/C23H32BrN3O3/c1-4-5-14-26(17-21-8-6-13-25(21)2)22(28)18-27(15-7-16-30-3)23(29)19-9-11-20(24)12-10-19/h6,8-13H,4-5,7,14-18H2,1-3H3. The number of aromatic nitrogens is 1. The van der Waals surface area contributed by atoms with Gasteiger partial charge in [0.05, 0.1) is 6.54 Å². The van der Waals surface area contributed by atoms with E-state index in [1.54, 1.807) is 24.1 Å². The second-order valence-corrected chi connectivity index (χ2v) is 8.27. The third-order valence-electron chi connectivity index (χ3n) is 5.02. The Kier molecular flexibility index (Phi) is 10.1. The molecule has 2 aromatic rings. The lowest BCUT2D eigenvalue weighted by Crippen LogP contribution is -2.43. The van der Waals surface area contributed by atoms with E-state index < -0.39 is 0 Å². The van der Waals surface area contributed by atoms with Gasteiger partial charge in [-0.2, -0.15) is 0 Å². The Morgan fingerprint density at radius 3 is 2.37 bits per heavy atom. The van der Waals surface area contributed by atoms with E-state index in [1.165, 1.54) is 0 Å². The number of carbonyl (C=O) groups excluding carboxylic acids is 2. The van der Waals surface area contributed by atoms with Crippen molar-refractivity contribution < 1.29 is 14.3 Å². The normalized spacial score (nSPS) is 10.8. The lowest BCUT2D eigenvalue weighted by atomic mass is 10.2. The molecule has 0 N–H and O–H groups in total. The Bertz CT molecular complexity index is 804. The van der Waals surface area contributed by atoms with Crippen molar-refractivity contribution in [2.75, 3.05) is 33.4 Å². The maximum absolute atomic E-state index is 13.2. The van der Waals surface area contributed by atoms with E-state index in [0.29, 0.717) is 38.2 Å². The van der Waals surface area contributed by atoms with Crippen LogP contribution in [-0.2, 0) is 23.1 Å². The van der Waals surface area contributed by atoms with Gasteiger partial charge in [-0.25, -0.2) is 0 Å². The number of unbranched alkanes of at least 4 members (excludes halogenated alkanes) is 1. The summed E-state index contributed by atoms with van der Waals surface area (Å²) in [6.07, 6.45) is 4.59. The molecule has 0 unspecified atom stereocenters. The van der Waals surface area contributed by atoms with Crippen LogP contribution in [0.2, 0.25) is 0 Å². The minimum atomic E-state index is -0.138. The second kappa shape index (κ2) is 12.5. The molecule has 2 amide bonds. The highest BCUT2D eigenvalue weighted by Gasteiger charge is 2.22. The number of benzene rings is 1. The number of halogens is 1. The van der Waals surface area contributed by atoms with Crippen molar-refractivity contribution >= 4 is 27.7 Å². The molecular weight excluding hydrogens is 446 g/mol. The molecular formula is C23H32BrN3O3. The first-order valence-electron chi connectivity index (χ1n) is 10.4. The van der Waals surface area contributed by atoms with Crippen molar-refractivity contribution in [2.24, 2.45) is 7.05 Å². The zero-order valence-corrected chi connectivity index (χ0v) is 19.7. The fraction of sp³-hybridized carbons (Fsp3) is 0.478. The molecule has 0 radical (unpaired) electrons. The summed E-state index contributed by atoms with van der Waals surface area (Å²) in [5.74, 6) is -0.172. The molecule has 0 saturated heterocycles. The molecule has 0 atom stereocenters. The molecule has 6 nitrogen and oxygen atoms in total. The van der Waals surface area contributed by atoms with E-state index in [-0.39, 0.29) is 18.4 Å². The van der Waals surface area contributed by atoms with Gasteiger partial charge in [0.25, 0.3) is 5.91 Å². The number of ether oxygens (including phenoxy) is 1. The first kappa shape index (κ1) is 24.2. The summed E-state index contributed by atoms with van der Waals surface area (Å²) >= 11 is 3.40. The second-order valence-electron chi connectivity index (χ2n) is 7.36. The van der Waals surface area contributed by atoms with E-state index in [1.807, 2.05) is 47.0 Å². The first-order chi connectivity index (χ1) is 14.5. The lowest BCUT2D eigenvalue weighted by Gasteiger charge is -2.28. The van der Waals surface area contributed by atoms with Crippen LogP contribution in [0.5, 0.6) is 0 Å². The number of hydrogen-bond donors (Lipinski definition) is 0. The SMILES string of the molecule is CCCCN(Cc1cccn1C)C(=O)CN(CCCOC)C(=O)c1ccc(Br)cc1. The molecule has 7 heteroatoms. The number of aryl methyl sites for hydroxylation is 1. The molecule has 1 aromatic heterocycles. The van der Waals surface area contributed by atoms with Crippen molar-refractivity contribution in [3.05, 3.63) is 58.3 Å². The highest BCUT2D eigenvalue weighted by Crippen LogP contribution is 2.14. The Hall–Kier alpha value is -2.12. The average molecular weight is 478 g/mol. The third-order valence-corrected chi connectivity index (χ3v) is 5.55.